The number of nitrogens with one attached hydrogen (secondary N) is 1. The van der Waals surface area contributed by atoms with Crippen molar-refractivity contribution in [3.05, 3.63) is 74.3 Å². The summed E-state index contributed by atoms with van der Waals surface area (Å²) in [5.41, 5.74) is 0.716. The first-order valence-electron chi connectivity index (χ1n) is 6.15. The second kappa shape index (κ2) is 7.06. The third-order valence-electron chi connectivity index (χ3n) is 2.71. The van der Waals surface area contributed by atoms with E-state index < -0.39 is 10.8 Å². The fourth-order valence-corrected chi connectivity index (χ4v) is 2.04. The Morgan fingerprint density at radius 3 is 2.50 bits per heavy atom. The molecule has 0 saturated carbocycles. The molecule has 0 spiro atoms. The van der Waals surface area contributed by atoms with E-state index in [-0.39, 0.29) is 21.4 Å². The Bertz CT molecular complexity index is 746. The van der Waals surface area contributed by atoms with Crippen LogP contribution in [0, 0.1) is 10.1 Å². The highest BCUT2D eigenvalue weighted by molar-refractivity contribution is 6.45. The molecule has 2 rings (SSSR count). The van der Waals surface area contributed by atoms with Gasteiger partial charge in [0, 0.05) is 11.8 Å². The molecule has 7 heteroatoms. The van der Waals surface area contributed by atoms with Crippen LogP contribution >= 0.6 is 23.2 Å². The number of rotatable bonds is 4. The average molecular weight is 337 g/mol. The van der Waals surface area contributed by atoms with E-state index in [0.717, 1.165) is 5.56 Å². The molecule has 0 saturated heterocycles. The van der Waals surface area contributed by atoms with Crippen LogP contribution in [0.3, 0.4) is 0 Å². The zero-order chi connectivity index (χ0) is 16.1. The lowest BCUT2D eigenvalue weighted by Gasteiger charge is -2.05. The highest BCUT2D eigenvalue weighted by Crippen LogP contribution is 2.27. The van der Waals surface area contributed by atoms with Crippen LogP contribution in [0.2, 0.25) is 5.02 Å². The molecule has 0 aliphatic carbocycles. The number of carbonyl (C=O) groups is 1. The fourth-order valence-electron chi connectivity index (χ4n) is 1.68. The zero-order valence-electron chi connectivity index (χ0n) is 11.1. The molecule has 22 heavy (non-hydrogen) atoms. The molecule has 112 valence electrons. The summed E-state index contributed by atoms with van der Waals surface area (Å²) in [6.45, 7) is 0. The molecule has 0 aromatic heterocycles. The lowest BCUT2D eigenvalue weighted by Crippen LogP contribution is -2.11. The Kier molecular flexibility index (Phi) is 5.14. The van der Waals surface area contributed by atoms with Crippen LogP contribution in [0.4, 0.5) is 11.4 Å². The van der Waals surface area contributed by atoms with Gasteiger partial charge in [0.25, 0.3) is 11.6 Å². The van der Waals surface area contributed by atoms with E-state index >= 15 is 0 Å². The largest absolute Gasteiger partial charge is 0.321 e. The van der Waals surface area contributed by atoms with Crippen molar-refractivity contribution in [1.29, 1.82) is 0 Å². The highest BCUT2D eigenvalue weighted by atomic mass is 35.5. The van der Waals surface area contributed by atoms with Gasteiger partial charge in [-0.2, -0.15) is 0 Å². The Labute approximate surface area is 136 Å². The smallest absolute Gasteiger partial charge is 0.289 e. The molecule has 0 unspecified atom stereocenters. The van der Waals surface area contributed by atoms with E-state index in [4.69, 9.17) is 23.2 Å². The maximum absolute atomic E-state index is 12.0. The van der Waals surface area contributed by atoms with Crippen LogP contribution in [-0.4, -0.2) is 10.8 Å². The third kappa shape index (κ3) is 4.07. The van der Waals surface area contributed by atoms with Gasteiger partial charge >= 0.3 is 0 Å². The van der Waals surface area contributed by atoms with Crippen LogP contribution in [0.15, 0.2) is 53.6 Å². The van der Waals surface area contributed by atoms with Gasteiger partial charge in [0.05, 0.1) is 4.92 Å². The maximum atomic E-state index is 12.0. The number of amides is 1. The van der Waals surface area contributed by atoms with Crippen LogP contribution in [0.1, 0.15) is 5.56 Å². The van der Waals surface area contributed by atoms with E-state index in [2.05, 4.69) is 5.32 Å². The van der Waals surface area contributed by atoms with Crippen LogP contribution in [-0.2, 0) is 4.79 Å². The van der Waals surface area contributed by atoms with Gasteiger partial charge in [-0.1, -0.05) is 53.5 Å². The summed E-state index contributed by atoms with van der Waals surface area (Å²) in [7, 11) is 0. The van der Waals surface area contributed by atoms with E-state index in [9.17, 15) is 14.9 Å². The minimum absolute atomic E-state index is 0.00563. The molecular formula is C15H10Cl2N2O3. The molecule has 0 aliphatic heterocycles. The molecule has 0 radical (unpaired) electrons. The number of hydrogen-bond donors (Lipinski definition) is 1. The van der Waals surface area contributed by atoms with Crippen LogP contribution < -0.4 is 5.32 Å². The summed E-state index contributed by atoms with van der Waals surface area (Å²) >= 11 is 11.6. The summed E-state index contributed by atoms with van der Waals surface area (Å²) in [5.74, 6) is -0.567. The van der Waals surface area contributed by atoms with E-state index in [0.29, 0.717) is 0 Å². The van der Waals surface area contributed by atoms with Crippen LogP contribution in [0.5, 0.6) is 0 Å². The van der Waals surface area contributed by atoms with Crippen molar-refractivity contribution in [3.63, 3.8) is 0 Å². The van der Waals surface area contributed by atoms with Gasteiger partial charge in [-0.3, -0.25) is 14.9 Å². The predicted octanol–water partition coefficient (Wildman–Crippen LogP) is 4.47. The molecule has 1 N–H and O–H groups in total. The molecule has 5 nitrogen and oxygen atoms in total. The third-order valence-corrected chi connectivity index (χ3v) is 3.31. The Morgan fingerprint density at radius 1 is 1.18 bits per heavy atom. The van der Waals surface area contributed by atoms with Crippen molar-refractivity contribution in [2.75, 3.05) is 5.32 Å². The summed E-state index contributed by atoms with van der Waals surface area (Å²) in [5, 5.41) is 13.2. The second-order valence-corrected chi connectivity index (χ2v) is 5.09. The van der Waals surface area contributed by atoms with Crippen molar-refractivity contribution >= 4 is 46.6 Å². The Morgan fingerprint density at radius 2 is 1.86 bits per heavy atom. The Hall–Kier alpha value is -2.37. The molecule has 0 fully saturated rings. The van der Waals surface area contributed by atoms with Gasteiger partial charge in [-0.15, -0.1) is 0 Å². The average Bonchev–Trinajstić information content (AvgIpc) is 2.49. The number of nitro groups is 1. The van der Waals surface area contributed by atoms with Crippen molar-refractivity contribution in [1.82, 2.24) is 0 Å². The first-order valence-corrected chi connectivity index (χ1v) is 6.90. The quantitative estimate of drug-likeness (QED) is 0.508. The van der Waals surface area contributed by atoms with E-state index in [1.807, 2.05) is 18.2 Å². The molecule has 0 aliphatic rings. The molecule has 0 heterocycles. The molecule has 2 aromatic rings. The predicted molar refractivity (Wildman–Crippen MR) is 87.0 cm³/mol. The summed E-state index contributed by atoms with van der Waals surface area (Å²) in [6.07, 6.45) is 1.50. The van der Waals surface area contributed by atoms with Gasteiger partial charge in [0.15, 0.2) is 0 Å². The van der Waals surface area contributed by atoms with E-state index in [1.54, 1.807) is 12.1 Å². The molecule has 2 aromatic carbocycles. The van der Waals surface area contributed by atoms with Gasteiger partial charge in [0.1, 0.15) is 10.1 Å². The van der Waals surface area contributed by atoms with Crippen molar-refractivity contribution < 1.29 is 9.72 Å². The highest BCUT2D eigenvalue weighted by Gasteiger charge is 2.14. The zero-order valence-corrected chi connectivity index (χ0v) is 12.6. The summed E-state index contributed by atoms with van der Waals surface area (Å²) in [6, 6.07) is 13.0. The maximum Gasteiger partial charge on any atom is 0.289 e. The molecule has 0 atom stereocenters. The van der Waals surface area contributed by atoms with E-state index in [1.165, 1.54) is 24.3 Å². The van der Waals surface area contributed by atoms with Crippen molar-refractivity contribution in [2.24, 2.45) is 0 Å². The normalized spacial score (nSPS) is 11.1. The number of benzene rings is 2. The summed E-state index contributed by atoms with van der Waals surface area (Å²) in [4.78, 5) is 22.1. The van der Waals surface area contributed by atoms with Gasteiger partial charge < -0.3 is 5.32 Å². The fraction of sp³-hybridized carbons (Fsp3) is 0. The standard InChI is InChI=1S/C15H10Cl2N2O3/c16-12-7-6-11(9-14(12)19(21)22)18-15(20)13(17)8-10-4-2-1-3-5-10/h1-9H,(H,18,20)/b13-8+. The lowest BCUT2D eigenvalue weighted by molar-refractivity contribution is -0.384. The van der Waals surface area contributed by atoms with Gasteiger partial charge in [-0.25, -0.2) is 0 Å². The van der Waals surface area contributed by atoms with Crippen molar-refractivity contribution in [3.8, 4) is 0 Å². The molecular weight excluding hydrogens is 327 g/mol. The number of hydrogen-bond acceptors (Lipinski definition) is 3. The number of nitro benzene ring substituents is 1. The SMILES string of the molecule is O=C(Nc1ccc(Cl)c([N+](=O)[O-])c1)/C(Cl)=C\c1ccccc1. The minimum atomic E-state index is -0.626. The van der Waals surface area contributed by atoms with Gasteiger partial charge in [-0.05, 0) is 23.8 Å². The monoisotopic (exact) mass is 336 g/mol. The molecule has 1 amide bonds. The molecule has 0 bridgehead atoms. The number of nitrogens with zero attached hydrogens (tertiary/aromatic N) is 1. The van der Waals surface area contributed by atoms with Crippen LogP contribution in [0.25, 0.3) is 6.08 Å². The number of halogens is 2. The first kappa shape index (κ1) is 16.0. The number of carbonyl (C=O) groups excluding carboxylic acids is 1. The van der Waals surface area contributed by atoms with Gasteiger partial charge in [0.2, 0.25) is 0 Å². The topological polar surface area (TPSA) is 72.2 Å². The lowest BCUT2D eigenvalue weighted by atomic mass is 10.2. The first-order chi connectivity index (χ1) is 10.5. The summed E-state index contributed by atoms with van der Waals surface area (Å²) < 4.78 is 0. The number of anilines is 1. The Balaban J connectivity index is 2.17. The van der Waals surface area contributed by atoms with Crippen molar-refractivity contribution in [2.45, 2.75) is 0 Å². The second-order valence-electron chi connectivity index (χ2n) is 4.28. The minimum Gasteiger partial charge on any atom is -0.321 e.